The van der Waals surface area contributed by atoms with Crippen LogP contribution in [0, 0.1) is 13.8 Å². The molecule has 0 unspecified atom stereocenters. The number of aryl methyl sites for hydroxylation is 2. The van der Waals surface area contributed by atoms with Crippen molar-refractivity contribution in [2.24, 2.45) is 0 Å². The van der Waals surface area contributed by atoms with E-state index >= 15 is 0 Å². The number of nitrogens with zero attached hydrogens (tertiary/aromatic N) is 4. The van der Waals surface area contributed by atoms with Gasteiger partial charge in [-0.05, 0) is 19.4 Å². The number of carbonyl (C=O) groups is 1. The monoisotopic (exact) mass is 378 g/mol. The van der Waals surface area contributed by atoms with Crippen LogP contribution >= 0.6 is 0 Å². The van der Waals surface area contributed by atoms with E-state index in [1.807, 2.05) is 44.2 Å². The summed E-state index contributed by atoms with van der Waals surface area (Å²) in [7, 11) is 0. The molecule has 0 aliphatic carbocycles. The van der Waals surface area contributed by atoms with Crippen LogP contribution in [0.25, 0.3) is 0 Å². The van der Waals surface area contributed by atoms with Gasteiger partial charge >= 0.3 is 0 Å². The molecule has 3 heterocycles. The molecule has 0 N–H and O–H groups in total. The Balaban J connectivity index is 1.50. The fourth-order valence-electron chi connectivity index (χ4n) is 3.54. The fourth-order valence-corrected chi connectivity index (χ4v) is 3.54. The molecule has 144 valence electrons. The second kappa shape index (κ2) is 7.42. The number of carbonyl (C=O) groups excluding carboxylic acids is 1. The van der Waals surface area contributed by atoms with Gasteiger partial charge in [0.1, 0.15) is 5.76 Å². The van der Waals surface area contributed by atoms with Crippen molar-refractivity contribution in [3.8, 4) is 0 Å². The van der Waals surface area contributed by atoms with Crippen LogP contribution in [0.15, 0.2) is 45.7 Å². The zero-order valence-corrected chi connectivity index (χ0v) is 16.0. The van der Waals surface area contributed by atoms with E-state index in [1.54, 1.807) is 11.0 Å². The molecule has 7 heteroatoms. The van der Waals surface area contributed by atoms with E-state index in [-0.39, 0.29) is 17.9 Å². The van der Waals surface area contributed by atoms with Gasteiger partial charge in [-0.2, -0.15) is 5.10 Å². The average molecular weight is 378 g/mol. The van der Waals surface area contributed by atoms with Crippen molar-refractivity contribution in [3.05, 3.63) is 80.6 Å². The van der Waals surface area contributed by atoms with Crippen LogP contribution in [0.5, 0.6) is 0 Å². The Labute approximate surface area is 162 Å². The minimum absolute atomic E-state index is 0.00788. The van der Waals surface area contributed by atoms with Crippen LogP contribution in [0.4, 0.5) is 0 Å². The third-order valence-corrected chi connectivity index (χ3v) is 5.18. The Hall–Kier alpha value is -3.22. The first-order chi connectivity index (χ1) is 13.5. The van der Waals surface area contributed by atoms with E-state index in [4.69, 9.17) is 4.52 Å². The van der Waals surface area contributed by atoms with Gasteiger partial charge in [0.15, 0.2) is 0 Å². The minimum Gasteiger partial charge on any atom is -0.361 e. The Morgan fingerprint density at radius 3 is 2.71 bits per heavy atom. The molecule has 1 amide bonds. The lowest BCUT2D eigenvalue weighted by Gasteiger charge is -2.28. The van der Waals surface area contributed by atoms with Gasteiger partial charge in [-0.3, -0.25) is 9.59 Å². The molecule has 7 nitrogen and oxygen atoms in total. The molecule has 1 aliphatic heterocycles. The second-order valence-corrected chi connectivity index (χ2v) is 7.14. The quantitative estimate of drug-likeness (QED) is 0.694. The largest absolute Gasteiger partial charge is 0.361 e. The first kappa shape index (κ1) is 18.2. The molecule has 0 bridgehead atoms. The van der Waals surface area contributed by atoms with Gasteiger partial charge in [0.05, 0.1) is 24.4 Å². The molecule has 0 atom stereocenters. The molecule has 1 aromatic carbocycles. The standard InChI is InChI=1S/C21H22N4O3/c1-14-18(15(2)28-23-14)11-20(26)24-9-8-19-17(13-24)10-21(27)25(22-19)12-16-6-4-3-5-7-16/h3-7,10H,8-9,11-13H2,1-2H3. The van der Waals surface area contributed by atoms with Crippen molar-refractivity contribution in [1.29, 1.82) is 0 Å². The Morgan fingerprint density at radius 1 is 1.21 bits per heavy atom. The number of aromatic nitrogens is 3. The van der Waals surface area contributed by atoms with Crippen LogP contribution < -0.4 is 5.56 Å². The predicted molar refractivity (Wildman–Crippen MR) is 103 cm³/mol. The van der Waals surface area contributed by atoms with Crippen molar-refractivity contribution in [1.82, 2.24) is 19.8 Å². The molecule has 0 radical (unpaired) electrons. The number of hydrogen-bond acceptors (Lipinski definition) is 5. The van der Waals surface area contributed by atoms with Gasteiger partial charge in [-0.15, -0.1) is 0 Å². The first-order valence-corrected chi connectivity index (χ1v) is 9.34. The van der Waals surface area contributed by atoms with E-state index < -0.39 is 0 Å². The van der Waals surface area contributed by atoms with Crippen molar-refractivity contribution in [2.45, 2.75) is 39.8 Å². The summed E-state index contributed by atoms with van der Waals surface area (Å²) in [5.41, 5.74) is 4.18. The van der Waals surface area contributed by atoms with E-state index in [0.29, 0.717) is 31.8 Å². The molecular weight excluding hydrogens is 356 g/mol. The fraction of sp³-hybridized carbons (Fsp3) is 0.333. The van der Waals surface area contributed by atoms with Crippen LogP contribution in [0.1, 0.15) is 33.8 Å². The maximum Gasteiger partial charge on any atom is 0.267 e. The third kappa shape index (κ3) is 3.60. The summed E-state index contributed by atoms with van der Waals surface area (Å²) in [6.07, 6.45) is 0.896. The van der Waals surface area contributed by atoms with Crippen LogP contribution in [0.3, 0.4) is 0 Å². The predicted octanol–water partition coefficient (Wildman–Crippen LogP) is 2.02. The molecule has 4 rings (SSSR count). The number of hydrogen-bond donors (Lipinski definition) is 0. The molecule has 3 aromatic rings. The normalized spacial score (nSPS) is 13.4. The van der Waals surface area contributed by atoms with Crippen molar-refractivity contribution >= 4 is 5.91 Å². The SMILES string of the molecule is Cc1noc(C)c1CC(=O)N1CCc2nn(Cc3ccccc3)c(=O)cc2C1. The van der Waals surface area contributed by atoms with Gasteiger partial charge < -0.3 is 9.42 Å². The molecule has 1 aliphatic rings. The minimum atomic E-state index is -0.150. The molecule has 28 heavy (non-hydrogen) atoms. The summed E-state index contributed by atoms with van der Waals surface area (Å²) in [6.45, 7) is 5.09. The zero-order chi connectivity index (χ0) is 19.7. The highest BCUT2D eigenvalue weighted by molar-refractivity contribution is 5.79. The highest BCUT2D eigenvalue weighted by Gasteiger charge is 2.24. The van der Waals surface area contributed by atoms with Crippen LogP contribution in [0.2, 0.25) is 0 Å². The lowest BCUT2D eigenvalue weighted by Crippen LogP contribution is -2.39. The smallest absolute Gasteiger partial charge is 0.267 e. The summed E-state index contributed by atoms with van der Waals surface area (Å²) in [5, 5.41) is 8.45. The number of benzene rings is 1. The summed E-state index contributed by atoms with van der Waals surface area (Å²) in [4.78, 5) is 27.0. The summed E-state index contributed by atoms with van der Waals surface area (Å²) >= 11 is 0. The van der Waals surface area contributed by atoms with Gasteiger partial charge in [0.2, 0.25) is 5.91 Å². The summed E-state index contributed by atoms with van der Waals surface area (Å²) < 4.78 is 6.64. The number of rotatable bonds is 4. The molecule has 0 spiro atoms. The maximum absolute atomic E-state index is 12.7. The topological polar surface area (TPSA) is 81.2 Å². The van der Waals surface area contributed by atoms with E-state index in [0.717, 1.165) is 28.1 Å². The first-order valence-electron chi connectivity index (χ1n) is 9.34. The molecule has 0 fully saturated rings. The summed E-state index contributed by atoms with van der Waals surface area (Å²) in [5.74, 6) is 0.683. The van der Waals surface area contributed by atoms with E-state index in [9.17, 15) is 9.59 Å². The highest BCUT2D eigenvalue weighted by Crippen LogP contribution is 2.19. The lowest BCUT2D eigenvalue weighted by molar-refractivity contribution is -0.131. The van der Waals surface area contributed by atoms with Gasteiger partial charge in [-0.1, -0.05) is 35.5 Å². The second-order valence-electron chi connectivity index (χ2n) is 7.14. The zero-order valence-electron chi connectivity index (χ0n) is 16.0. The van der Waals surface area contributed by atoms with Gasteiger partial charge in [0, 0.05) is 36.7 Å². The van der Waals surface area contributed by atoms with Crippen LogP contribution in [-0.2, 0) is 30.7 Å². The Morgan fingerprint density at radius 2 is 2.00 bits per heavy atom. The average Bonchev–Trinajstić information content (AvgIpc) is 3.01. The maximum atomic E-state index is 12.7. The van der Waals surface area contributed by atoms with E-state index in [2.05, 4.69) is 10.3 Å². The van der Waals surface area contributed by atoms with Gasteiger partial charge in [-0.25, -0.2) is 4.68 Å². The van der Waals surface area contributed by atoms with Crippen LogP contribution in [-0.4, -0.2) is 32.3 Å². The molecular formula is C21H22N4O3. The highest BCUT2D eigenvalue weighted by atomic mass is 16.5. The summed E-state index contributed by atoms with van der Waals surface area (Å²) in [6, 6.07) is 11.4. The number of amides is 1. The van der Waals surface area contributed by atoms with Crippen molar-refractivity contribution in [2.75, 3.05) is 6.54 Å². The third-order valence-electron chi connectivity index (χ3n) is 5.18. The Kier molecular flexibility index (Phi) is 4.81. The lowest BCUT2D eigenvalue weighted by atomic mass is 10.0. The number of fused-ring (bicyclic) bond motifs is 1. The molecule has 2 aromatic heterocycles. The van der Waals surface area contributed by atoms with Crippen molar-refractivity contribution < 1.29 is 9.32 Å². The van der Waals surface area contributed by atoms with E-state index in [1.165, 1.54) is 4.68 Å². The Bertz CT molecular complexity index is 1050. The van der Waals surface area contributed by atoms with Gasteiger partial charge in [0.25, 0.3) is 5.56 Å². The molecule has 0 saturated heterocycles. The molecule has 0 saturated carbocycles. The van der Waals surface area contributed by atoms with Crippen molar-refractivity contribution in [3.63, 3.8) is 0 Å².